The molecule has 1 aliphatic heterocycles. The summed E-state index contributed by atoms with van der Waals surface area (Å²) in [7, 11) is 0. The third-order valence-electron chi connectivity index (χ3n) is 4.60. The van der Waals surface area contributed by atoms with Crippen LogP contribution in [0.15, 0.2) is 30.5 Å². The van der Waals surface area contributed by atoms with Crippen molar-refractivity contribution in [3.63, 3.8) is 0 Å². The van der Waals surface area contributed by atoms with Gasteiger partial charge in [0.25, 0.3) is 5.91 Å². The van der Waals surface area contributed by atoms with Gasteiger partial charge >= 0.3 is 0 Å². The van der Waals surface area contributed by atoms with Crippen LogP contribution in [0, 0.1) is 11.2 Å². The Morgan fingerprint density at radius 2 is 2.04 bits per heavy atom. The summed E-state index contributed by atoms with van der Waals surface area (Å²) in [5.41, 5.74) is 7.87. The molecular formula is C17H22ClFN4O. The first kappa shape index (κ1) is 18.4. The highest BCUT2D eigenvalue weighted by Gasteiger charge is 2.36. The molecule has 2 aromatic rings. The molecule has 1 fully saturated rings. The van der Waals surface area contributed by atoms with Crippen LogP contribution in [0.4, 0.5) is 4.39 Å². The number of hydrogen-bond acceptors (Lipinski definition) is 3. The highest BCUT2D eigenvalue weighted by atomic mass is 35.5. The number of hydrogen-bond donors (Lipinski definition) is 2. The van der Waals surface area contributed by atoms with Crippen LogP contribution >= 0.6 is 12.4 Å². The minimum absolute atomic E-state index is 0. The van der Waals surface area contributed by atoms with Crippen molar-refractivity contribution >= 4 is 18.3 Å². The number of rotatable bonds is 2. The summed E-state index contributed by atoms with van der Waals surface area (Å²) in [6.45, 7) is 5.40. The molecule has 0 radical (unpaired) electrons. The summed E-state index contributed by atoms with van der Waals surface area (Å²) >= 11 is 0. The van der Waals surface area contributed by atoms with Gasteiger partial charge in [0, 0.05) is 24.7 Å². The monoisotopic (exact) mass is 352 g/mol. The van der Waals surface area contributed by atoms with Gasteiger partial charge in [-0.25, -0.2) is 4.39 Å². The van der Waals surface area contributed by atoms with Gasteiger partial charge in [-0.1, -0.05) is 13.8 Å². The molecule has 1 aliphatic rings. The van der Waals surface area contributed by atoms with Crippen molar-refractivity contribution in [3.05, 3.63) is 41.8 Å². The molecule has 0 spiro atoms. The Bertz CT molecular complexity index is 714. The van der Waals surface area contributed by atoms with Crippen molar-refractivity contribution in [1.82, 2.24) is 15.1 Å². The van der Waals surface area contributed by atoms with E-state index in [1.807, 2.05) is 4.90 Å². The molecule has 0 bridgehead atoms. The van der Waals surface area contributed by atoms with E-state index in [-0.39, 0.29) is 35.6 Å². The van der Waals surface area contributed by atoms with Crippen LogP contribution in [0.5, 0.6) is 0 Å². The number of nitrogens with two attached hydrogens (primary N) is 1. The molecule has 7 heteroatoms. The van der Waals surface area contributed by atoms with Gasteiger partial charge in [0.2, 0.25) is 0 Å². The highest BCUT2D eigenvalue weighted by Crippen LogP contribution is 2.30. The molecule has 5 nitrogen and oxygen atoms in total. The minimum Gasteiger partial charge on any atom is -0.338 e. The van der Waals surface area contributed by atoms with Crippen LogP contribution in [0.2, 0.25) is 0 Å². The lowest BCUT2D eigenvalue weighted by molar-refractivity contribution is 0.0534. The van der Waals surface area contributed by atoms with E-state index >= 15 is 0 Å². The van der Waals surface area contributed by atoms with Gasteiger partial charge in [-0.3, -0.25) is 9.89 Å². The molecule has 1 unspecified atom stereocenters. The molecule has 0 aliphatic carbocycles. The smallest absolute Gasteiger partial charge is 0.257 e. The summed E-state index contributed by atoms with van der Waals surface area (Å²) in [4.78, 5) is 14.7. The Morgan fingerprint density at radius 3 is 2.67 bits per heavy atom. The van der Waals surface area contributed by atoms with Gasteiger partial charge in [-0.15, -0.1) is 12.4 Å². The van der Waals surface area contributed by atoms with E-state index < -0.39 is 0 Å². The predicted octanol–water partition coefficient (Wildman–Crippen LogP) is 2.84. The zero-order valence-corrected chi connectivity index (χ0v) is 14.6. The number of likely N-dealkylation sites (tertiary alicyclic amines) is 1. The molecule has 0 saturated carbocycles. The molecule has 1 amide bonds. The van der Waals surface area contributed by atoms with E-state index in [2.05, 4.69) is 24.0 Å². The van der Waals surface area contributed by atoms with Gasteiger partial charge in [-0.2, -0.15) is 5.10 Å². The molecule has 1 saturated heterocycles. The first-order valence-electron chi connectivity index (χ1n) is 7.72. The molecule has 1 atom stereocenters. The number of piperidine rings is 1. The molecule has 24 heavy (non-hydrogen) atoms. The van der Waals surface area contributed by atoms with E-state index in [4.69, 9.17) is 5.73 Å². The van der Waals surface area contributed by atoms with E-state index in [1.165, 1.54) is 18.3 Å². The third-order valence-corrected chi connectivity index (χ3v) is 4.60. The Balaban J connectivity index is 0.00000208. The van der Waals surface area contributed by atoms with E-state index in [0.717, 1.165) is 12.0 Å². The van der Waals surface area contributed by atoms with Crippen LogP contribution in [-0.4, -0.2) is 40.1 Å². The standard InChI is InChI=1S/C17H21FN4O.ClH/c1-17(2)10-22(8-7-14(17)19)16(23)13-9-20-21-15(13)11-3-5-12(18)6-4-11;/h3-6,9,14H,7-8,10,19H2,1-2H3,(H,20,21);1H. The van der Waals surface area contributed by atoms with Crippen molar-refractivity contribution in [2.75, 3.05) is 13.1 Å². The maximum absolute atomic E-state index is 13.1. The van der Waals surface area contributed by atoms with Gasteiger partial charge in [0.1, 0.15) is 5.82 Å². The largest absolute Gasteiger partial charge is 0.338 e. The van der Waals surface area contributed by atoms with Crippen molar-refractivity contribution in [2.24, 2.45) is 11.1 Å². The van der Waals surface area contributed by atoms with E-state index in [0.29, 0.717) is 24.3 Å². The lowest BCUT2D eigenvalue weighted by Gasteiger charge is -2.42. The van der Waals surface area contributed by atoms with E-state index in [1.54, 1.807) is 12.1 Å². The van der Waals surface area contributed by atoms with Crippen LogP contribution in [0.25, 0.3) is 11.3 Å². The number of aromatic amines is 1. The quantitative estimate of drug-likeness (QED) is 0.872. The Morgan fingerprint density at radius 1 is 1.38 bits per heavy atom. The number of carbonyl (C=O) groups excluding carboxylic acids is 1. The molecule has 130 valence electrons. The fourth-order valence-electron chi connectivity index (χ4n) is 3.00. The number of H-pyrrole nitrogens is 1. The number of amides is 1. The number of benzene rings is 1. The van der Waals surface area contributed by atoms with Crippen LogP contribution in [0.3, 0.4) is 0 Å². The molecule has 1 aromatic heterocycles. The fraction of sp³-hybridized carbons (Fsp3) is 0.412. The van der Waals surface area contributed by atoms with Crippen LogP contribution < -0.4 is 5.73 Å². The summed E-state index contributed by atoms with van der Waals surface area (Å²) in [5, 5.41) is 6.84. The molecule has 3 rings (SSSR count). The zero-order valence-electron chi connectivity index (χ0n) is 13.8. The lowest BCUT2D eigenvalue weighted by Crippen LogP contribution is -2.54. The average molecular weight is 353 g/mol. The van der Waals surface area contributed by atoms with Gasteiger partial charge < -0.3 is 10.6 Å². The average Bonchev–Trinajstić information content (AvgIpc) is 2.99. The molecule has 3 N–H and O–H groups in total. The fourth-order valence-corrected chi connectivity index (χ4v) is 3.00. The second-order valence-electron chi connectivity index (χ2n) is 6.78. The Labute approximate surface area is 146 Å². The minimum atomic E-state index is -0.312. The first-order valence-corrected chi connectivity index (χ1v) is 7.72. The highest BCUT2D eigenvalue weighted by molar-refractivity contribution is 5.99. The zero-order chi connectivity index (χ0) is 16.6. The number of halogens is 2. The van der Waals surface area contributed by atoms with E-state index in [9.17, 15) is 9.18 Å². The van der Waals surface area contributed by atoms with Gasteiger partial charge in [0.15, 0.2) is 0 Å². The maximum atomic E-state index is 13.1. The van der Waals surface area contributed by atoms with Crippen molar-refractivity contribution in [2.45, 2.75) is 26.3 Å². The first-order chi connectivity index (χ1) is 10.9. The molecule has 1 aromatic carbocycles. The van der Waals surface area contributed by atoms with Gasteiger partial charge in [0.05, 0.1) is 17.5 Å². The second-order valence-corrected chi connectivity index (χ2v) is 6.78. The topological polar surface area (TPSA) is 75.0 Å². The van der Waals surface area contributed by atoms with Crippen LogP contribution in [0.1, 0.15) is 30.6 Å². The third kappa shape index (κ3) is 3.44. The van der Waals surface area contributed by atoms with Crippen molar-refractivity contribution in [3.8, 4) is 11.3 Å². The summed E-state index contributed by atoms with van der Waals surface area (Å²) in [6.07, 6.45) is 2.31. The molecule has 2 heterocycles. The molecular weight excluding hydrogens is 331 g/mol. The van der Waals surface area contributed by atoms with Crippen LogP contribution in [-0.2, 0) is 0 Å². The SMILES string of the molecule is CC1(C)CN(C(=O)c2cn[nH]c2-c2ccc(F)cc2)CCC1N.Cl. The summed E-state index contributed by atoms with van der Waals surface area (Å²) < 4.78 is 13.1. The number of aromatic nitrogens is 2. The van der Waals surface area contributed by atoms with Crippen molar-refractivity contribution < 1.29 is 9.18 Å². The maximum Gasteiger partial charge on any atom is 0.257 e. The van der Waals surface area contributed by atoms with Gasteiger partial charge in [-0.05, 0) is 36.1 Å². The number of nitrogens with zero attached hydrogens (tertiary/aromatic N) is 2. The normalized spacial score (nSPS) is 19.7. The Kier molecular flexibility index (Phi) is 5.30. The number of carbonyl (C=O) groups is 1. The second kappa shape index (κ2) is 6.91. The summed E-state index contributed by atoms with van der Waals surface area (Å²) in [6, 6.07) is 6.10. The Hall–Kier alpha value is -1.92. The van der Waals surface area contributed by atoms with Crippen molar-refractivity contribution in [1.29, 1.82) is 0 Å². The predicted molar refractivity (Wildman–Crippen MR) is 93.5 cm³/mol. The number of nitrogens with one attached hydrogen (secondary N) is 1. The lowest BCUT2D eigenvalue weighted by atomic mass is 9.79. The summed E-state index contributed by atoms with van der Waals surface area (Å²) in [5.74, 6) is -0.383.